The maximum absolute atomic E-state index is 13.6. The lowest BCUT2D eigenvalue weighted by Gasteiger charge is -2.08. The average Bonchev–Trinajstić information content (AvgIpc) is 3.18. The number of carbonyl (C=O) groups is 3. The number of hydrogen-bond acceptors (Lipinski definition) is 5. The van der Waals surface area contributed by atoms with Crippen LogP contribution in [0.1, 0.15) is 26.5 Å². The molecule has 0 spiro atoms. The summed E-state index contributed by atoms with van der Waals surface area (Å²) in [5.74, 6) is -1.22. The van der Waals surface area contributed by atoms with Crippen molar-refractivity contribution in [3.8, 4) is 11.3 Å². The van der Waals surface area contributed by atoms with E-state index < -0.39 is 24.3 Å². The molecule has 6 nitrogen and oxygen atoms in total. The van der Waals surface area contributed by atoms with Crippen LogP contribution in [0, 0.1) is 12.7 Å². The highest BCUT2D eigenvalue weighted by molar-refractivity contribution is 5.95. The van der Waals surface area contributed by atoms with Crippen LogP contribution >= 0.6 is 0 Å². The van der Waals surface area contributed by atoms with Gasteiger partial charge in [-0.25, -0.2) is 9.18 Å². The van der Waals surface area contributed by atoms with Crippen LogP contribution < -0.4 is 5.32 Å². The number of rotatable bonds is 6. The largest absolute Gasteiger partial charge is 0.453 e. The predicted octanol–water partition coefficient (Wildman–Crippen LogP) is 4.00. The summed E-state index contributed by atoms with van der Waals surface area (Å²) in [6, 6.07) is 13.8. The molecule has 1 heterocycles. The molecule has 1 amide bonds. The molecular weight excluding hydrogens is 365 g/mol. The predicted molar refractivity (Wildman–Crippen MR) is 99.6 cm³/mol. The molecule has 0 saturated heterocycles. The van der Waals surface area contributed by atoms with Gasteiger partial charge >= 0.3 is 5.97 Å². The molecule has 0 fully saturated rings. The van der Waals surface area contributed by atoms with Crippen LogP contribution in [-0.4, -0.2) is 24.8 Å². The van der Waals surface area contributed by atoms with Crippen LogP contribution in [0.4, 0.5) is 10.1 Å². The van der Waals surface area contributed by atoms with E-state index in [1.807, 2.05) is 0 Å². The topological polar surface area (TPSA) is 85.6 Å². The van der Waals surface area contributed by atoms with Gasteiger partial charge < -0.3 is 14.5 Å². The van der Waals surface area contributed by atoms with Crippen LogP contribution in [0.3, 0.4) is 0 Å². The number of nitrogens with one attached hydrogen (secondary N) is 1. The lowest BCUT2D eigenvalue weighted by molar-refractivity contribution is -0.119. The van der Waals surface area contributed by atoms with Crippen LogP contribution in [0.5, 0.6) is 0 Å². The Labute approximate surface area is 159 Å². The molecule has 3 aromatic rings. The SMILES string of the molecule is Cc1ccc(F)c(NC(=O)COC(=O)c2ccc(-c3ccc(C=O)o3)cc2)c1. The van der Waals surface area contributed by atoms with Gasteiger partial charge in [0, 0.05) is 5.56 Å². The molecule has 0 saturated carbocycles. The number of benzene rings is 2. The average molecular weight is 381 g/mol. The van der Waals surface area contributed by atoms with E-state index in [0.717, 1.165) is 5.56 Å². The van der Waals surface area contributed by atoms with Crippen molar-refractivity contribution in [2.45, 2.75) is 6.92 Å². The summed E-state index contributed by atoms with van der Waals surface area (Å²) in [4.78, 5) is 34.6. The molecular formula is C21H16FNO5. The molecule has 0 atom stereocenters. The molecule has 0 bridgehead atoms. The molecule has 0 aliphatic rings. The number of esters is 1. The lowest BCUT2D eigenvalue weighted by atomic mass is 10.1. The van der Waals surface area contributed by atoms with Crippen molar-refractivity contribution in [1.82, 2.24) is 0 Å². The van der Waals surface area contributed by atoms with Crippen LogP contribution in [0.15, 0.2) is 59.0 Å². The summed E-state index contributed by atoms with van der Waals surface area (Å²) in [6.07, 6.45) is 0.600. The smallest absolute Gasteiger partial charge is 0.338 e. The number of hydrogen-bond donors (Lipinski definition) is 1. The zero-order valence-corrected chi connectivity index (χ0v) is 14.9. The molecule has 0 unspecified atom stereocenters. The van der Waals surface area contributed by atoms with Gasteiger partial charge in [-0.2, -0.15) is 0 Å². The summed E-state index contributed by atoms with van der Waals surface area (Å²) < 4.78 is 23.9. The van der Waals surface area contributed by atoms with Gasteiger partial charge in [0.1, 0.15) is 11.6 Å². The number of amides is 1. The Kier molecular flexibility index (Phi) is 5.64. The summed E-state index contributed by atoms with van der Waals surface area (Å²) in [5, 5.41) is 2.36. The maximum atomic E-state index is 13.6. The molecule has 142 valence electrons. The van der Waals surface area contributed by atoms with E-state index in [2.05, 4.69) is 5.32 Å². The van der Waals surface area contributed by atoms with Crippen LogP contribution in [0.25, 0.3) is 11.3 Å². The molecule has 0 aliphatic heterocycles. The molecule has 1 aromatic heterocycles. The molecule has 28 heavy (non-hydrogen) atoms. The van der Waals surface area contributed by atoms with E-state index >= 15 is 0 Å². The van der Waals surface area contributed by atoms with E-state index in [1.54, 1.807) is 37.3 Å². The normalized spacial score (nSPS) is 10.4. The lowest BCUT2D eigenvalue weighted by Crippen LogP contribution is -2.21. The van der Waals surface area contributed by atoms with E-state index in [4.69, 9.17) is 9.15 Å². The number of carbonyl (C=O) groups excluding carboxylic acids is 3. The van der Waals surface area contributed by atoms with Gasteiger partial charge in [-0.15, -0.1) is 0 Å². The quantitative estimate of drug-likeness (QED) is 0.515. The number of aldehydes is 1. The summed E-state index contributed by atoms with van der Waals surface area (Å²) in [5.41, 5.74) is 1.72. The highest BCUT2D eigenvalue weighted by atomic mass is 19.1. The van der Waals surface area contributed by atoms with E-state index in [-0.39, 0.29) is 17.0 Å². The van der Waals surface area contributed by atoms with Gasteiger partial charge in [0.2, 0.25) is 0 Å². The fourth-order valence-electron chi connectivity index (χ4n) is 2.48. The van der Waals surface area contributed by atoms with Gasteiger partial charge in [0.25, 0.3) is 5.91 Å². The first-order chi connectivity index (χ1) is 13.5. The van der Waals surface area contributed by atoms with Gasteiger partial charge in [-0.1, -0.05) is 18.2 Å². The number of furan rings is 1. The number of anilines is 1. The molecule has 3 rings (SSSR count). The van der Waals surface area contributed by atoms with Gasteiger partial charge in [0.15, 0.2) is 18.7 Å². The van der Waals surface area contributed by atoms with Crippen molar-refractivity contribution in [2.75, 3.05) is 11.9 Å². The van der Waals surface area contributed by atoms with E-state index in [9.17, 15) is 18.8 Å². The third-order valence-electron chi connectivity index (χ3n) is 3.88. The molecule has 2 aromatic carbocycles. The Morgan fingerprint density at radius 3 is 2.54 bits per heavy atom. The molecule has 7 heteroatoms. The Morgan fingerprint density at radius 2 is 1.86 bits per heavy atom. The molecule has 0 aliphatic carbocycles. The van der Waals surface area contributed by atoms with Gasteiger partial charge in [-0.3, -0.25) is 9.59 Å². The Balaban J connectivity index is 1.57. The van der Waals surface area contributed by atoms with E-state index in [1.165, 1.54) is 24.3 Å². The summed E-state index contributed by atoms with van der Waals surface area (Å²) in [7, 11) is 0. The van der Waals surface area contributed by atoms with Gasteiger partial charge in [-0.05, 0) is 48.9 Å². The van der Waals surface area contributed by atoms with Gasteiger partial charge in [0.05, 0.1) is 11.3 Å². The Morgan fingerprint density at radius 1 is 1.11 bits per heavy atom. The van der Waals surface area contributed by atoms with E-state index in [0.29, 0.717) is 17.6 Å². The number of aryl methyl sites for hydroxylation is 1. The maximum Gasteiger partial charge on any atom is 0.338 e. The first-order valence-corrected chi connectivity index (χ1v) is 8.35. The monoisotopic (exact) mass is 381 g/mol. The highest BCUT2D eigenvalue weighted by Gasteiger charge is 2.13. The van der Waals surface area contributed by atoms with Crippen molar-refractivity contribution < 1.29 is 27.9 Å². The van der Waals surface area contributed by atoms with Crippen molar-refractivity contribution in [2.24, 2.45) is 0 Å². The highest BCUT2D eigenvalue weighted by Crippen LogP contribution is 2.22. The van der Waals surface area contributed by atoms with Crippen molar-refractivity contribution in [3.05, 3.63) is 77.3 Å². The fourth-order valence-corrected chi connectivity index (χ4v) is 2.48. The minimum atomic E-state index is -0.695. The second-order valence-electron chi connectivity index (χ2n) is 6.00. The Bertz CT molecular complexity index is 1020. The minimum absolute atomic E-state index is 0.0264. The number of halogens is 1. The van der Waals surface area contributed by atoms with Crippen LogP contribution in [0.2, 0.25) is 0 Å². The van der Waals surface area contributed by atoms with Crippen molar-refractivity contribution in [3.63, 3.8) is 0 Å². The zero-order valence-electron chi connectivity index (χ0n) is 14.9. The van der Waals surface area contributed by atoms with Crippen molar-refractivity contribution >= 4 is 23.9 Å². The fraction of sp³-hybridized carbons (Fsp3) is 0.0952. The summed E-state index contributed by atoms with van der Waals surface area (Å²) in [6.45, 7) is 1.22. The van der Waals surface area contributed by atoms with Crippen molar-refractivity contribution in [1.29, 1.82) is 0 Å². The third kappa shape index (κ3) is 4.50. The second-order valence-corrected chi connectivity index (χ2v) is 6.00. The van der Waals surface area contributed by atoms with Crippen LogP contribution in [-0.2, 0) is 9.53 Å². The standard InChI is InChI=1S/C21H16FNO5/c1-13-2-8-17(22)18(10-13)23-20(25)12-27-21(26)15-5-3-14(4-6-15)19-9-7-16(11-24)28-19/h2-11H,12H2,1H3,(H,23,25). The molecule has 1 N–H and O–H groups in total. The molecule has 0 radical (unpaired) electrons. The summed E-state index contributed by atoms with van der Waals surface area (Å²) >= 11 is 0. The second kappa shape index (κ2) is 8.30. The first kappa shape index (κ1) is 19.0. The minimum Gasteiger partial charge on any atom is -0.453 e. The zero-order chi connectivity index (χ0) is 20.1. The third-order valence-corrected chi connectivity index (χ3v) is 3.88. The first-order valence-electron chi connectivity index (χ1n) is 8.35. The Hall–Kier alpha value is -3.74. The number of ether oxygens (including phenoxy) is 1.